The van der Waals surface area contributed by atoms with Gasteiger partial charge in [0.1, 0.15) is 11.0 Å². The number of carbonyl (C=O) groups is 1. The van der Waals surface area contributed by atoms with Crippen LogP contribution in [-0.4, -0.2) is 32.8 Å². The van der Waals surface area contributed by atoms with E-state index in [1.165, 1.54) is 18.4 Å². The molecule has 1 saturated heterocycles. The molecule has 0 aromatic carbocycles. The van der Waals surface area contributed by atoms with Gasteiger partial charge in [-0.25, -0.2) is 4.79 Å². The first-order valence-electron chi connectivity index (χ1n) is 4.81. The molecule has 1 aromatic rings. The van der Waals surface area contributed by atoms with E-state index in [2.05, 4.69) is 10.1 Å². The Kier molecular flexibility index (Phi) is 3.35. The van der Waals surface area contributed by atoms with Gasteiger partial charge in [0.25, 0.3) is 0 Å². The van der Waals surface area contributed by atoms with Crippen LogP contribution >= 0.6 is 11.3 Å². The molecule has 4 nitrogen and oxygen atoms in total. The van der Waals surface area contributed by atoms with Gasteiger partial charge in [0.15, 0.2) is 0 Å². The second-order valence-electron chi connectivity index (χ2n) is 3.26. The zero-order chi connectivity index (χ0) is 10.7. The van der Waals surface area contributed by atoms with Gasteiger partial charge in [-0.2, -0.15) is 0 Å². The van der Waals surface area contributed by atoms with Crippen molar-refractivity contribution >= 4 is 17.3 Å². The molecule has 1 atom stereocenters. The summed E-state index contributed by atoms with van der Waals surface area (Å²) in [6, 6.07) is 3.71. The summed E-state index contributed by atoms with van der Waals surface area (Å²) in [5, 5.41) is 3.25. The molecule has 0 saturated carbocycles. The van der Waals surface area contributed by atoms with Crippen LogP contribution in [0.4, 0.5) is 0 Å². The number of thiophene rings is 1. The van der Waals surface area contributed by atoms with Crippen molar-refractivity contribution in [1.82, 2.24) is 5.32 Å². The summed E-state index contributed by atoms with van der Waals surface area (Å²) in [4.78, 5) is 12.9. The highest BCUT2D eigenvalue weighted by atomic mass is 32.1. The number of carbonyl (C=O) groups excluding carboxylic acids is 1. The van der Waals surface area contributed by atoms with Crippen LogP contribution in [0.2, 0.25) is 0 Å². The summed E-state index contributed by atoms with van der Waals surface area (Å²) < 4.78 is 10.2. The van der Waals surface area contributed by atoms with Crippen molar-refractivity contribution in [3.05, 3.63) is 21.9 Å². The van der Waals surface area contributed by atoms with E-state index >= 15 is 0 Å². The van der Waals surface area contributed by atoms with E-state index in [9.17, 15) is 4.79 Å². The second kappa shape index (κ2) is 4.74. The molecule has 0 bridgehead atoms. The van der Waals surface area contributed by atoms with Crippen LogP contribution in [-0.2, 0) is 9.47 Å². The number of hydrogen-bond acceptors (Lipinski definition) is 5. The lowest BCUT2D eigenvalue weighted by Gasteiger charge is -2.22. The van der Waals surface area contributed by atoms with Crippen molar-refractivity contribution in [2.45, 2.75) is 6.10 Å². The largest absolute Gasteiger partial charge is 0.465 e. The van der Waals surface area contributed by atoms with Crippen LogP contribution in [0.25, 0.3) is 0 Å². The topological polar surface area (TPSA) is 47.6 Å². The van der Waals surface area contributed by atoms with E-state index in [1.54, 1.807) is 6.07 Å². The summed E-state index contributed by atoms with van der Waals surface area (Å²) in [6.07, 6.45) is 0.0714. The Bertz CT molecular complexity index is 344. The minimum atomic E-state index is -0.282. The first-order valence-corrected chi connectivity index (χ1v) is 5.63. The SMILES string of the molecule is COC(=O)c1ccc(C2CNCCO2)s1. The normalized spacial score (nSPS) is 21.3. The monoisotopic (exact) mass is 227 g/mol. The third kappa shape index (κ3) is 2.37. The smallest absolute Gasteiger partial charge is 0.348 e. The standard InChI is InChI=1S/C10H13NO3S/c1-13-10(12)9-3-2-8(15-9)7-6-11-4-5-14-7/h2-3,7,11H,4-6H2,1H3. The molecule has 1 aliphatic rings. The predicted molar refractivity (Wildman–Crippen MR) is 57.2 cm³/mol. The van der Waals surface area contributed by atoms with E-state index in [0.717, 1.165) is 24.6 Å². The Morgan fingerprint density at radius 3 is 3.20 bits per heavy atom. The number of hydrogen-bond donors (Lipinski definition) is 1. The maximum Gasteiger partial charge on any atom is 0.348 e. The minimum absolute atomic E-state index is 0.0714. The molecule has 5 heteroatoms. The molecule has 0 aliphatic carbocycles. The quantitative estimate of drug-likeness (QED) is 0.771. The fraction of sp³-hybridized carbons (Fsp3) is 0.500. The Hall–Kier alpha value is -0.910. The highest BCUT2D eigenvalue weighted by molar-refractivity contribution is 7.14. The average molecular weight is 227 g/mol. The molecular formula is C10H13NO3S. The van der Waals surface area contributed by atoms with Crippen LogP contribution in [0.5, 0.6) is 0 Å². The van der Waals surface area contributed by atoms with Crippen molar-refractivity contribution in [1.29, 1.82) is 0 Å². The third-order valence-corrected chi connectivity index (χ3v) is 3.42. The summed E-state index contributed by atoms with van der Waals surface area (Å²) in [6.45, 7) is 2.42. The number of rotatable bonds is 2. The van der Waals surface area contributed by atoms with E-state index < -0.39 is 0 Å². The second-order valence-corrected chi connectivity index (χ2v) is 4.37. The van der Waals surface area contributed by atoms with E-state index in [0.29, 0.717) is 4.88 Å². The molecular weight excluding hydrogens is 214 g/mol. The van der Waals surface area contributed by atoms with Gasteiger partial charge in [0, 0.05) is 18.0 Å². The molecule has 2 heterocycles. The molecule has 15 heavy (non-hydrogen) atoms. The lowest BCUT2D eigenvalue weighted by Crippen LogP contribution is -2.32. The van der Waals surface area contributed by atoms with E-state index in [1.807, 2.05) is 6.07 Å². The van der Waals surface area contributed by atoms with E-state index in [4.69, 9.17) is 4.74 Å². The van der Waals surface area contributed by atoms with Crippen LogP contribution in [0.1, 0.15) is 20.7 Å². The van der Waals surface area contributed by atoms with E-state index in [-0.39, 0.29) is 12.1 Å². The lowest BCUT2D eigenvalue weighted by molar-refractivity contribution is 0.0299. The van der Waals surface area contributed by atoms with Gasteiger partial charge in [0.2, 0.25) is 0 Å². The Balaban J connectivity index is 2.08. The first-order chi connectivity index (χ1) is 7.31. The van der Waals surface area contributed by atoms with Gasteiger partial charge in [-0.15, -0.1) is 11.3 Å². The molecule has 1 N–H and O–H groups in total. The van der Waals surface area contributed by atoms with Crippen molar-refractivity contribution in [3.63, 3.8) is 0 Å². The average Bonchev–Trinajstić information content (AvgIpc) is 2.78. The molecule has 2 rings (SSSR count). The van der Waals surface area contributed by atoms with Crippen LogP contribution in [0, 0.1) is 0 Å². The van der Waals surface area contributed by atoms with Crippen molar-refractivity contribution in [2.24, 2.45) is 0 Å². The van der Waals surface area contributed by atoms with Gasteiger partial charge in [0.05, 0.1) is 13.7 Å². The maximum absolute atomic E-state index is 11.2. The molecule has 0 radical (unpaired) electrons. The predicted octanol–water partition coefficient (Wildman–Crippen LogP) is 1.20. The first kappa shape index (κ1) is 10.6. The summed E-state index contributed by atoms with van der Waals surface area (Å²) in [7, 11) is 1.39. The fourth-order valence-corrected chi connectivity index (χ4v) is 2.46. The van der Waals surface area contributed by atoms with Crippen molar-refractivity contribution in [2.75, 3.05) is 26.8 Å². The molecule has 1 fully saturated rings. The third-order valence-electron chi connectivity index (χ3n) is 2.26. The Labute approximate surface area is 92.2 Å². The Morgan fingerprint density at radius 2 is 2.53 bits per heavy atom. The molecule has 82 valence electrons. The Morgan fingerprint density at radius 1 is 1.67 bits per heavy atom. The molecule has 1 unspecified atom stereocenters. The van der Waals surface area contributed by atoms with Crippen molar-refractivity contribution in [3.8, 4) is 0 Å². The van der Waals surface area contributed by atoms with Gasteiger partial charge >= 0.3 is 5.97 Å². The number of methoxy groups -OCH3 is 1. The maximum atomic E-state index is 11.2. The van der Waals surface area contributed by atoms with Crippen LogP contribution < -0.4 is 5.32 Å². The number of morpholine rings is 1. The van der Waals surface area contributed by atoms with Gasteiger partial charge in [-0.3, -0.25) is 0 Å². The fourth-order valence-electron chi connectivity index (χ4n) is 1.48. The van der Waals surface area contributed by atoms with Crippen LogP contribution in [0.15, 0.2) is 12.1 Å². The number of esters is 1. The van der Waals surface area contributed by atoms with Gasteiger partial charge in [-0.05, 0) is 12.1 Å². The zero-order valence-corrected chi connectivity index (χ0v) is 9.30. The summed E-state index contributed by atoms with van der Waals surface area (Å²) in [5.41, 5.74) is 0. The molecule has 0 amide bonds. The molecule has 0 spiro atoms. The molecule has 1 aliphatic heterocycles. The van der Waals surface area contributed by atoms with Crippen molar-refractivity contribution < 1.29 is 14.3 Å². The molecule has 1 aromatic heterocycles. The minimum Gasteiger partial charge on any atom is -0.465 e. The zero-order valence-electron chi connectivity index (χ0n) is 8.49. The highest BCUT2D eigenvalue weighted by Crippen LogP contribution is 2.26. The number of nitrogens with one attached hydrogen (secondary N) is 1. The summed E-state index contributed by atoms with van der Waals surface area (Å²) in [5.74, 6) is -0.282. The van der Waals surface area contributed by atoms with Crippen LogP contribution in [0.3, 0.4) is 0 Å². The lowest BCUT2D eigenvalue weighted by atomic mass is 10.2. The highest BCUT2D eigenvalue weighted by Gasteiger charge is 2.19. The number of ether oxygens (including phenoxy) is 2. The summed E-state index contributed by atoms with van der Waals surface area (Å²) >= 11 is 1.43. The van der Waals surface area contributed by atoms with Gasteiger partial charge < -0.3 is 14.8 Å². The van der Waals surface area contributed by atoms with Gasteiger partial charge in [-0.1, -0.05) is 0 Å².